The van der Waals surface area contributed by atoms with E-state index in [1.165, 1.54) is 17.0 Å². The van der Waals surface area contributed by atoms with E-state index in [0.717, 1.165) is 9.87 Å². The first-order valence-electron chi connectivity index (χ1n) is 9.82. The summed E-state index contributed by atoms with van der Waals surface area (Å²) in [5.74, 6) is -0.447. The minimum absolute atomic E-state index is 0.0400. The Morgan fingerprint density at radius 1 is 0.938 bits per heavy atom. The van der Waals surface area contributed by atoms with Crippen molar-refractivity contribution in [3.8, 4) is 0 Å². The maximum absolute atomic E-state index is 13.4. The molecule has 0 bridgehead atoms. The molecule has 7 nitrogen and oxygen atoms in total. The number of nitrogens with zero attached hydrogens (tertiary/aromatic N) is 2. The number of anilines is 2. The molecule has 32 heavy (non-hydrogen) atoms. The van der Waals surface area contributed by atoms with Crippen LogP contribution in [0, 0.1) is 6.92 Å². The maximum Gasteiger partial charge on any atom is 0.343 e. The summed E-state index contributed by atoms with van der Waals surface area (Å²) in [4.78, 5) is 27.2. The molecule has 3 aromatic carbocycles. The molecule has 1 aliphatic heterocycles. The molecule has 3 amide bonds. The minimum Gasteiger partial charge on any atom is -0.350 e. The second-order valence-corrected chi connectivity index (χ2v) is 9.42. The van der Waals surface area contributed by atoms with Crippen LogP contribution >= 0.6 is 11.6 Å². The van der Waals surface area contributed by atoms with Gasteiger partial charge in [0.1, 0.15) is 11.4 Å². The summed E-state index contributed by atoms with van der Waals surface area (Å²) in [6, 6.07) is 19.1. The van der Waals surface area contributed by atoms with Gasteiger partial charge in [-0.2, -0.15) is 4.31 Å². The van der Waals surface area contributed by atoms with Gasteiger partial charge in [-0.1, -0.05) is 60.1 Å². The lowest BCUT2D eigenvalue weighted by Gasteiger charge is -2.36. The van der Waals surface area contributed by atoms with Crippen LogP contribution in [0.4, 0.5) is 16.2 Å². The van der Waals surface area contributed by atoms with E-state index in [0.29, 0.717) is 10.6 Å². The first kappa shape index (κ1) is 21.9. The zero-order valence-corrected chi connectivity index (χ0v) is 18.7. The van der Waals surface area contributed by atoms with Crippen LogP contribution in [0.15, 0.2) is 77.7 Å². The summed E-state index contributed by atoms with van der Waals surface area (Å²) in [5, 5.41) is 3.26. The van der Waals surface area contributed by atoms with Gasteiger partial charge in [0, 0.05) is 11.6 Å². The van der Waals surface area contributed by atoms with E-state index in [9.17, 15) is 18.0 Å². The summed E-state index contributed by atoms with van der Waals surface area (Å²) in [5.41, 5.74) is 1.76. The fourth-order valence-corrected chi connectivity index (χ4v) is 5.38. The molecular weight excluding hydrogens is 450 g/mol. The highest BCUT2D eigenvalue weighted by Gasteiger charge is 2.43. The third kappa shape index (κ3) is 3.94. The van der Waals surface area contributed by atoms with Crippen molar-refractivity contribution in [1.29, 1.82) is 0 Å². The Bertz CT molecular complexity index is 1310. The van der Waals surface area contributed by atoms with Crippen molar-refractivity contribution in [1.82, 2.24) is 5.32 Å². The largest absolute Gasteiger partial charge is 0.350 e. The first-order chi connectivity index (χ1) is 15.3. The van der Waals surface area contributed by atoms with Gasteiger partial charge in [0.05, 0.1) is 11.4 Å². The highest BCUT2D eigenvalue weighted by Crippen LogP contribution is 2.37. The molecule has 9 heteroatoms. The van der Waals surface area contributed by atoms with Gasteiger partial charge in [0.15, 0.2) is 0 Å². The van der Waals surface area contributed by atoms with E-state index in [4.69, 9.17) is 11.6 Å². The number of halogens is 1. The number of urea groups is 1. The van der Waals surface area contributed by atoms with Crippen molar-refractivity contribution in [2.24, 2.45) is 0 Å². The van der Waals surface area contributed by atoms with E-state index in [2.05, 4.69) is 5.32 Å². The molecule has 0 spiro atoms. The summed E-state index contributed by atoms with van der Waals surface area (Å²) < 4.78 is 27.4. The molecule has 0 unspecified atom stereocenters. The molecule has 4 rings (SSSR count). The van der Waals surface area contributed by atoms with Gasteiger partial charge in [-0.05, 0) is 42.3 Å². The molecule has 0 aliphatic carbocycles. The van der Waals surface area contributed by atoms with Crippen molar-refractivity contribution >= 4 is 44.9 Å². The Morgan fingerprint density at radius 2 is 1.56 bits per heavy atom. The second-order valence-electron chi connectivity index (χ2n) is 7.26. The normalized spacial score (nSPS) is 14.8. The fourth-order valence-electron chi connectivity index (χ4n) is 3.52. The summed E-state index contributed by atoms with van der Waals surface area (Å²) in [7, 11) is -4.14. The van der Waals surface area contributed by atoms with E-state index in [-0.39, 0.29) is 29.4 Å². The monoisotopic (exact) mass is 469 g/mol. The van der Waals surface area contributed by atoms with Crippen LogP contribution < -0.4 is 14.5 Å². The Morgan fingerprint density at radius 3 is 2.28 bits per heavy atom. The molecule has 0 aromatic heterocycles. The fraction of sp³-hybridized carbons (Fsp3) is 0.130. The number of carbonyl (C=O) groups is 2. The standard InChI is InChI=1S/C23H20ClN3O4S/c1-16-8-2-5-11-19(16)27-23(29)26(20-12-6-7-13-21(20)32(27,30)31)15-22(28)25-14-17-9-3-4-10-18(17)24/h2-13H,14-15H2,1H3,(H,25,28). The van der Waals surface area contributed by atoms with Crippen LogP contribution in [0.5, 0.6) is 0 Å². The van der Waals surface area contributed by atoms with Gasteiger partial charge in [0.25, 0.3) is 10.0 Å². The third-order valence-electron chi connectivity index (χ3n) is 5.15. The molecule has 1 aliphatic rings. The highest BCUT2D eigenvalue weighted by atomic mass is 35.5. The zero-order chi connectivity index (χ0) is 22.9. The molecule has 0 fully saturated rings. The number of rotatable bonds is 5. The number of aryl methyl sites for hydroxylation is 1. The van der Waals surface area contributed by atoms with Crippen molar-refractivity contribution in [2.45, 2.75) is 18.4 Å². The van der Waals surface area contributed by atoms with Gasteiger partial charge in [-0.3, -0.25) is 9.69 Å². The number of fused-ring (bicyclic) bond motifs is 1. The van der Waals surface area contributed by atoms with Crippen molar-refractivity contribution in [2.75, 3.05) is 15.7 Å². The number of para-hydroxylation sites is 2. The highest BCUT2D eigenvalue weighted by molar-refractivity contribution is 7.94. The summed E-state index contributed by atoms with van der Waals surface area (Å²) in [6.45, 7) is 1.56. The Hall–Kier alpha value is -3.36. The van der Waals surface area contributed by atoms with E-state index in [1.807, 2.05) is 6.07 Å². The first-order valence-corrected chi connectivity index (χ1v) is 11.6. The number of amides is 3. The van der Waals surface area contributed by atoms with Crippen molar-refractivity contribution in [3.63, 3.8) is 0 Å². The summed E-state index contributed by atoms with van der Waals surface area (Å²) >= 11 is 6.13. The van der Waals surface area contributed by atoms with Crippen molar-refractivity contribution in [3.05, 3.63) is 88.9 Å². The molecule has 3 aromatic rings. The number of nitrogens with one attached hydrogen (secondary N) is 1. The average molecular weight is 470 g/mol. The third-order valence-corrected chi connectivity index (χ3v) is 7.25. The van der Waals surface area contributed by atoms with Gasteiger partial charge in [-0.25, -0.2) is 13.2 Å². The Balaban J connectivity index is 1.67. The number of benzene rings is 3. The Kier molecular flexibility index (Phi) is 5.90. The number of hydrogen-bond donors (Lipinski definition) is 1. The van der Waals surface area contributed by atoms with E-state index < -0.39 is 22.0 Å². The smallest absolute Gasteiger partial charge is 0.343 e. The van der Waals surface area contributed by atoms with Gasteiger partial charge >= 0.3 is 6.03 Å². The lowest BCUT2D eigenvalue weighted by molar-refractivity contribution is -0.119. The molecule has 1 N–H and O–H groups in total. The number of hydrogen-bond acceptors (Lipinski definition) is 4. The van der Waals surface area contributed by atoms with Crippen LogP contribution in [0.1, 0.15) is 11.1 Å². The predicted molar refractivity (Wildman–Crippen MR) is 123 cm³/mol. The van der Waals surface area contributed by atoms with Crippen LogP contribution in [-0.4, -0.2) is 26.9 Å². The van der Waals surface area contributed by atoms with Gasteiger partial charge in [0.2, 0.25) is 5.91 Å². The lowest BCUT2D eigenvalue weighted by Crippen LogP contribution is -2.53. The van der Waals surface area contributed by atoms with Crippen LogP contribution in [0.25, 0.3) is 0 Å². The maximum atomic E-state index is 13.4. The SMILES string of the molecule is Cc1ccccc1N1C(=O)N(CC(=O)NCc2ccccc2Cl)c2ccccc2S1(=O)=O. The van der Waals surface area contributed by atoms with Gasteiger partial charge in [-0.15, -0.1) is 0 Å². The molecule has 0 radical (unpaired) electrons. The van der Waals surface area contributed by atoms with Crippen LogP contribution in [0.3, 0.4) is 0 Å². The number of sulfonamides is 1. The molecule has 1 heterocycles. The molecule has 0 saturated carbocycles. The van der Waals surface area contributed by atoms with E-state index in [1.54, 1.807) is 61.5 Å². The zero-order valence-electron chi connectivity index (χ0n) is 17.2. The molecular formula is C23H20ClN3O4S. The molecule has 0 atom stereocenters. The minimum atomic E-state index is -4.14. The summed E-state index contributed by atoms with van der Waals surface area (Å²) in [6.07, 6.45) is 0. The van der Waals surface area contributed by atoms with Crippen molar-refractivity contribution < 1.29 is 18.0 Å². The molecule has 0 saturated heterocycles. The number of carbonyl (C=O) groups excluding carboxylic acids is 2. The Labute approximate surface area is 191 Å². The van der Waals surface area contributed by atoms with E-state index >= 15 is 0 Å². The quantitative estimate of drug-likeness (QED) is 0.609. The average Bonchev–Trinajstić information content (AvgIpc) is 2.77. The van der Waals surface area contributed by atoms with Crippen LogP contribution in [-0.2, 0) is 21.4 Å². The van der Waals surface area contributed by atoms with Gasteiger partial charge < -0.3 is 5.32 Å². The molecule has 164 valence electrons. The predicted octanol–water partition coefficient (Wildman–Crippen LogP) is 4.10. The lowest BCUT2D eigenvalue weighted by atomic mass is 10.2. The second kappa shape index (κ2) is 8.64. The topological polar surface area (TPSA) is 86.8 Å². The van der Waals surface area contributed by atoms with Crippen LogP contribution in [0.2, 0.25) is 5.02 Å².